The van der Waals surface area contributed by atoms with E-state index in [9.17, 15) is 4.79 Å². The highest BCUT2D eigenvalue weighted by Gasteiger charge is 2.14. The van der Waals surface area contributed by atoms with Crippen molar-refractivity contribution in [3.63, 3.8) is 0 Å². The minimum atomic E-state index is -0.220. The van der Waals surface area contributed by atoms with Crippen LogP contribution < -0.4 is 11.0 Å². The van der Waals surface area contributed by atoms with Gasteiger partial charge in [0.2, 0.25) is 0 Å². The van der Waals surface area contributed by atoms with Gasteiger partial charge in [-0.1, -0.05) is 18.7 Å². The van der Waals surface area contributed by atoms with Gasteiger partial charge in [-0.3, -0.25) is 4.57 Å². The second kappa shape index (κ2) is 7.24. The molecule has 0 fully saturated rings. The Hall–Kier alpha value is -1.26. The lowest BCUT2D eigenvalue weighted by Gasteiger charge is -2.11. The molecule has 0 aromatic carbocycles. The van der Waals surface area contributed by atoms with E-state index in [0.717, 1.165) is 13.0 Å². The number of aromatic nitrogens is 3. The molecule has 1 aromatic heterocycles. The quantitative estimate of drug-likeness (QED) is 0.725. The summed E-state index contributed by atoms with van der Waals surface area (Å²) in [7, 11) is 0. The summed E-state index contributed by atoms with van der Waals surface area (Å²) in [5, 5.41) is 19.2. The van der Waals surface area contributed by atoms with Gasteiger partial charge in [-0.05, 0) is 26.8 Å². The fourth-order valence-corrected chi connectivity index (χ4v) is 2.52. The van der Waals surface area contributed by atoms with Crippen LogP contribution in [0.3, 0.4) is 0 Å². The Kier molecular flexibility index (Phi) is 5.95. The lowest BCUT2D eigenvalue weighted by Crippen LogP contribution is -2.30. The van der Waals surface area contributed by atoms with Crippen LogP contribution in [0.5, 0.6) is 0 Å². The molecule has 18 heavy (non-hydrogen) atoms. The molecule has 1 heterocycles. The summed E-state index contributed by atoms with van der Waals surface area (Å²) < 4.78 is 1.60. The van der Waals surface area contributed by atoms with E-state index in [4.69, 9.17) is 5.26 Å². The Labute approximate surface area is 111 Å². The van der Waals surface area contributed by atoms with Gasteiger partial charge in [-0.15, -0.1) is 5.10 Å². The molecular weight excluding hydrogens is 250 g/mol. The van der Waals surface area contributed by atoms with Crippen LogP contribution in [0.1, 0.15) is 33.2 Å². The van der Waals surface area contributed by atoms with Crippen LogP contribution in [0.2, 0.25) is 0 Å². The number of rotatable bonds is 7. The summed E-state index contributed by atoms with van der Waals surface area (Å²) in [6.45, 7) is 6.73. The summed E-state index contributed by atoms with van der Waals surface area (Å²) >= 11 is 1.41. The minimum absolute atomic E-state index is 0.0582. The zero-order valence-corrected chi connectivity index (χ0v) is 11.8. The Bertz CT molecular complexity index is 459. The van der Waals surface area contributed by atoms with E-state index in [2.05, 4.69) is 28.5 Å². The molecule has 6 nitrogen and oxygen atoms in total. The molecule has 0 bridgehead atoms. The first kappa shape index (κ1) is 14.8. The van der Waals surface area contributed by atoms with Gasteiger partial charge in [0.25, 0.3) is 0 Å². The molecule has 1 atom stereocenters. The van der Waals surface area contributed by atoms with Crippen molar-refractivity contribution in [2.75, 3.05) is 12.3 Å². The Morgan fingerprint density at radius 2 is 2.33 bits per heavy atom. The third-order valence-electron chi connectivity index (χ3n) is 2.36. The maximum Gasteiger partial charge on any atom is 0.344 e. The average Bonchev–Trinajstić information content (AvgIpc) is 2.71. The van der Waals surface area contributed by atoms with Crippen LogP contribution in [0, 0.1) is 11.3 Å². The fraction of sp³-hybridized carbons (Fsp3) is 0.727. The molecule has 100 valence electrons. The first-order valence-corrected chi connectivity index (χ1v) is 7.01. The molecule has 1 aromatic rings. The van der Waals surface area contributed by atoms with Gasteiger partial charge in [0.15, 0.2) is 5.16 Å². The number of nitrogens with zero attached hydrogens (tertiary/aromatic N) is 3. The number of aromatic amines is 1. The maximum atomic E-state index is 11.5. The van der Waals surface area contributed by atoms with E-state index < -0.39 is 0 Å². The molecule has 1 unspecified atom stereocenters. The standard InChI is InChI=1S/C11H19N5OS/c1-4-5-13-9(6-12)7-18-11-15-14-10(17)16(11)8(2)3/h8-9,13H,4-5,7H2,1-3H3,(H,14,17). The van der Waals surface area contributed by atoms with Gasteiger partial charge in [-0.2, -0.15) is 5.26 Å². The highest BCUT2D eigenvalue weighted by Crippen LogP contribution is 2.17. The second-order valence-electron chi connectivity index (χ2n) is 4.22. The highest BCUT2D eigenvalue weighted by atomic mass is 32.2. The molecule has 0 aliphatic rings. The average molecular weight is 269 g/mol. The van der Waals surface area contributed by atoms with Crippen LogP contribution in [-0.4, -0.2) is 33.1 Å². The summed E-state index contributed by atoms with van der Waals surface area (Å²) in [4.78, 5) is 11.5. The predicted molar refractivity (Wildman–Crippen MR) is 71.7 cm³/mol. The smallest absolute Gasteiger partial charge is 0.301 e. The zero-order valence-electron chi connectivity index (χ0n) is 10.9. The molecule has 0 saturated heterocycles. The van der Waals surface area contributed by atoms with Crippen molar-refractivity contribution >= 4 is 11.8 Å². The molecule has 2 N–H and O–H groups in total. The number of H-pyrrole nitrogens is 1. The number of nitrogens with one attached hydrogen (secondary N) is 2. The number of thioether (sulfide) groups is 1. The van der Waals surface area contributed by atoms with E-state index in [0.29, 0.717) is 10.9 Å². The molecule has 0 radical (unpaired) electrons. The minimum Gasteiger partial charge on any atom is -0.301 e. The van der Waals surface area contributed by atoms with E-state index in [-0.39, 0.29) is 17.8 Å². The lowest BCUT2D eigenvalue weighted by molar-refractivity contribution is 0.533. The van der Waals surface area contributed by atoms with Crippen molar-refractivity contribution in [2.24, 2.45) is 0 Å². The molecule has 0 aliphatic carbocycles. The molecule has 0 spiro atoms. The van der Waals surface area contributed by atoms with Gasteiger partial charge in [-0.25, -0.2) is 9.89 Å². The van der Waals surface area contributed by atoms with Crippen LogP contribution in [0.4, 0.5) is 0 Å². The summed E-state index contributed by atoms with van der Waals surface area (Å²) in [5.74, 6) is 0.577. The summed E-state index contributed by atoms with van der Waals surface area (Å²) in [5.41, 5.74) is -0.206. The second-order valence-corrected chi connectivity index (χ2v) is 5.21. The van der Waals surface area contributed by atoms with E-state index in [1.165, 1.54) is 11.8 Å². The first-order valence-electron chi connectivity index (χ1n) is 6.02. The van der Waals surface area contributed by atoms with Crippen molar-refractivity contribution in [2.45, 2.75) is 44.4 Å². The third kappa shape index (κ3) is 3.89. The molecule has 0 saturated carbocycles. The van der Waals surface area contributed by atoms with Crippen molar-refractivity contribution in [1.82, 2.24) is 20.1 Å². The Balaban J connectivity index is 2.63. The Morgan fingerprint density at radius 1 is 1.61 bits per heavy atom. The van der Waals surface area contributed by atoms with Crippen LogP contribution in [0.25, 0.3) is 0 Å². The topological polar surface area (TPSA) is 86.5 Å². The predicted octanol–water partition coefficient (Wildman–Crippen LogP) is 1.14. The SMILES string of the molecule is CCCNC(C#N)CSc1n[nH]c(=O)n1C(C)C. The summed E-state index contributed by atoms with van der Waals surface area (Å²) in [6.07, 6.45) is 0.988. The monoisotopic (exact) mass is 269 g/mol. The fourth-order valence-electron chi connectivity index (χ4n) is 1.47. The lowest BCUT2D eigenvalue weighted by atomic mass is 10.3. The first-order chi connectivity index (χ1) is 8.60. The van der Waals surface area contributed by atoms with E-state index in [1.54, 1.807) is 4.57 Å². The largest absolute Gasteiger partial charge is 0.344 e. The molecule has 1 rings (SSSR count). The van der Waals surface area contributed by atoms with Crippen molar-refractivity contribution in [1.29, 1.82) is 5.26 Å². The van der Waals surface area contributed by atoms with E-state index >= 15 is 0 Å². The van der Waals surface area contributed by atoms with Crippen molar-refractivity contribution < 1.29 is 0 Å². The van der Waals surface area contributed by atoms with Gasteiger partial charge in [0, 0.05) is 11.8 Å². The maximum absolute atomic E-state index is 11.5. The normalized spacial score (nSPS) is 12.6. The number of hydrogen-bond donors (Lipinski definition) is 2. The summed E-state index contributed by atoms with van der Waals surface area (Å²) in [6, 6.07) is 2.04. The molecule has 0 amide bonds. The van der Waals surface area contributed by atoms with Crippen LogP contribution in [-0.2, 0) is 0 Å². The zero-order chi connectivity index (χ0) is 13.5. The highest BCUT2D eigenvalue weighted by molar-refractivity contribution is 7.99. The Morgan fingerprint density at radius 3 is 2.89 bits per heavy atom. The number of nitriles is 1. The number of hydrogen-bond acceptors (Lipinski definition) is 5. The third-order valence-corrected chi connectivity index (χ3v) is 3.41. The van der Waals surface area contributed by atoms with Crippen LogP contribution >= 0.6 is 11.8 Å². The van der Waals surface area contributed by atoms with Crippen molar-refractivity contribution in [3.8, 4) is 6.07 Å². The van der Waals surface area contributed by atoms with Crippen LogP contribution in [0.15, 0.2) is 9.95 Å². The molecule has 0 aliphatic heterocycles. The van der Waals surface area contributed by atoms with Crippen molar-refractivity contribution in [3.05, 3.63) is 10.5 Å². The van der Waals surface area contributed by atoms with Gasteiger partial charge >= 0.3 is 5.69 Å². The van der Waals surface area contributed by atoms with Gasteiger partial charge in [0.05, 0.1) is 6.07 Å². The van der Waals surface area contributed by atoms with E-state index in [1.807, 2.05) is 13.8 Å². The van der Waals surface area contributed by atoms with Gasteiger partial charge < -0.3 is 5.32 Å². The van der Waals surface area contributed by atoms with Gasteiger partial charge in [0.1, 0.15) is 6.04 Å². The molecular formula is C11H19N5OS. The molecule has 7 heteroatoms.